The molecule has 1 amide bonds. The first-order chi connectivity index (χ1) is 12.4. The summed E-state index contributed by atoms with van der Waals surface area (Å²) in [6.45, 7) is -0.286. The number of benzene rings is 2. The van der Waals surface area contributed by atoms with Crippen LogP contribution in [-0.4, -0.2) is 22.6 Å². The fourth-order valence-corrected chi connectivity index (χ4v) is 2.82. The van der Waals surface area contributed by atoms with E-state index in [0.29, 0.717) is 5.75 Å². The molecule has 0 aliphatic carbocycles. The molecule has 0 aliphatic heterocycles. The molecule has 0 radical (unpaired) electrons. The molecule has 0 aromatic heterocycles. The van der Waals surface area contributed by atoms with Crippen molar-refractivity contribution in [1.82, 2.24) is 0 Å². The summed E-state index contributed by atoms with van der Waals surface area (Å²) in [6.07, 6.45) is 0. The Balaban J connectivity index is 1.87. The number of rotatable bonds is 8. The number of primary amides is 1. The van der Waals surface area contributed by atoms with Gasteiger partial charge in [-0.05, 0) is 29.8 Å². The minimum Gasteiger partial charge on any atom is -0.460 e. The lowest BCUT2D eigenvalue weighted by Gasteiger charge is -2.07. The molecule has 9 heteroatoms. The number of halogens is 1. The van der Waals surface area contributed by atoms with Gasteiger partial charge < -0.3 is 10.5 Å². The number of carbonyl (C=O) groups excluding carboxylic acids is 2. The van der Waals surface area contributed by atoms with Crippen LogP contribution in [-0.2, 0) is 21.9 Å². The van der Waals surface area contributed by atoms with Crippen molar-refractivity contribution < 1.29 is 23.6 Å². The van der Waals surface area contributed by atoms with Crippen molar-refractivity contribution in [2.24, 2.45) is 5.73 Å². The van der Waals surface area contributed by atoms with Crippen molar-refractivity contribution in [1.29, 1.82) is 0 Å². The molecule has 0 saturated heterocycles. The van der Waals surface area contributed by atoms with E-state index in [9.17, 15) is 24.1 Å². The zero-order valence-corrected chi connectivity index (χ0v) is 14.3. The lowest BCUT2D eigenvalue weighted by Crippen LogP contribution is -2.12. The van der Waals surface area contributed by atoms with E-state index in [-0.39, 0.29) is 35.0 Å². The van der Waals surface area contributed by atoms with E-state index >= 15 is 0 Å². The Morgan fingerprint density at radius 3 is 2.50 bits per heavy atom. The maximum Gasteiger partial charge on any atom is 0.316 e. The van der Waals surface area contributed by atoms with Crippen LogP contribution in [0.4, 0.5) is 10.1 Å². The number of amides is 1. The maximum atomic E-state index is 12.8. The first-order valence-electron chi connectivity index (χ1n) is 7.41. The Morgan fingerprint density at radius 2 is 1.88 bits per heavy atom. The summed E-state index contributed by atoms with van der Waals surface area (Å²) >= 11 is 1.28. The summed E-state index contributed by atoms with van der Waals surface area (Å²) in [4.78, 5) is 33.3. The van der Waals surface area contributed by atoms with Gasteiger partial charge in [0.2, 0.25) is 5.91 Å². The Labute approximate surface area is 152 Å². The first-order valence-corrected chi connectivity index (χ1v) is 8.57. The normalized spacial score (nSPS) is 10.3. The number of nitro groups is 1. The van der Waals surface area contributed by atoms with Gasteiger partial charge in [-0.25, -0.2) is 4.39 Å². The topological polar surface area (TPSA) is 113 Å². The highest BCUT2D eigenvalue weighted by molar-refractivity contribution is 7.99. The smallest absolute Gasteiger partial charge is 0.316 e. The van der Waals surface area contributed by atoms with Crippen LogP contribution in [0.1, 0.15) is 21.5 Å². The Bertz CT molecular complexity index is 826. The van der Waals surface area contributed by atoms with E-state index in [1.54, 1.807) is 12.1 Å². The van der Waals surface area contributed by atoms with Gasteiger partial charge in [-0.2, -0.15) is 0 Å². The van der Waals surface area contributed by atoms with Gasteiger partial charge in [0.1, 0.15) is 12.4 Å². The van der Waals surface area contributed by atoms with Crippen LogP contribution in [0.2, 0.25) is 0 Å². The predicted octanol–water partition coefficient (Wildman–Crippen LogP) is 2.81. The molecule has 2 rings (SSSR count). The van der Waals surface area contributed by atoms with Crippen LogP contribution >= 0.6 is 11.8 Å². The third-order valence-electron chi connectivity index (χ3n) is 3.36. The quantitative estimate of drug-likeness (QED) is 0.429. The second-order valence-corrected chi connectivity index (χ2v) is 6.23. The molecule has 136 valence electrons. The molecule has 0 heterocycles. The average Bonchev–Trinajstić information content (AvgIpc) is 2.61. The third-order valence-corrected chi connectivity index (χ3v) is 4.33. The predicted molar refractivity (Wildman–Crippen MR) is 94.0 cm³/mol. The second kappa shape index (κ2) is 8.95. The van der Waals surface area contributed by atoms with Gasteiger partial charge in [-0.3, -0.25) is 19.7 Å². The number of hydrogen-bond acceptors (Lipinski definition) is 6. The van der Waals surface area contributed by atoms with Gasteiger partial charge in [0, 0.05) is 17.4 Å². The van der Waals surface area contributed by atoms with Crippen LogP contribution in [0, 0.1) is 15.9 Å². The monoisotopic (exact) mass is 378 g/mol. The van der Waals surface area contributed by atoms with Crippen molar-refractivity contribution in [3.63, 3.8) is 0 Å². The molecule has 0 fully saturated rings. The lowest BCUT2D eigenvalue weighted by atomic mass is 10.1. The fourth-order valence-electron chi connectivity index (χ4n) is 2.04. The van der Waals surface area contributed by atoms with Gasteiger partial charge in [-0.1, -0.05) is 12.1 Å². The van der Waals surface area contributed by atoms with E-state index in [2.05, 4.69) is 0 Å². The summed E-state index contributed by atoms with van der Waals surface area (Å²) in [5.41, 5.74) is 5.78. The fraction of sp³-hybridized carbons (Fsp3) is 0.176. The molecule has 26 heavy (non-hydrogen) atoms. The number of thioether (sulfide) groups is 1. The summed E-state index contributed by atoms with van der Waals surface area (Å²) in [5, 5.41) is 11.1. The molecule has 0 spiro atoms. The molecule has 0 atom stereocenters. The number of nitrogens with zero attached hydrogens (tertiary/aromatic N) is 1. The number of nitrogens with two attached hydrogens (primary N) is 1. The number of nitro benzene ring substituents is 1. The zero-order valence-electron chi connectivity index (χ0n) is 13.5. The van der Waals surface area contributed by atoms with E-state index in [1.807, 2.05) is 0 Å². The Kier molecular flexibility index (Phi) is 6.67. The van der Waals surface area contributed by atoms with E-state index in [4.69, 9.17) is 10.5 Å². The largest absolute Gasteiger partial charge is 0.460 e. The van der Waals surface area contributed by atoms with Gasteiger partial charge in [0.15, 0.2) is 0 Å². The van der Waals surface area contributed by atoms with Crippen LogP contribution in [0.15, 0.2) is 42.5 Å². The van der Waals surface area contributed by atoms with E-state index in [1.165, 1.54) is 36.0 Å². The number of carbonyl (C=O) groups is 2. The molecule has 0 unspecified atom stereocenters. The molecule has 0 bridgehead atoms. The highest BCUT2D eigenvalue weighted by atomic mass is 32.2. The van der Waals surface area contributed by atoms with Gasteiger partial charge in [0.05, 0.1) is 16.2 Å². The van der Waals surface area contributed by atoms with Gasteiger partial charge in [-0.15, -0.1) is 11.8 Å². The third kappa shape index (κ3) is 5.55. The number of esters is 1. The summed E-state index contributed by atoms with van der Waals surface area (Å²) < 4.78 is 17.8. The Hall–Kier alpha value is -2.94. The molecular weight excluding hydrogens is 363 g/mol. The van der Waals surface area contributed by atoms with Crippen molar-refractivity contribution in [3.05, 3.63) is 75.1 Å². The van der Waals surface area contributed by atoms with Crippen molar-refractivity contribution >= 4 is 29.3 Å². The van der Waals surface area contributed by atoms with Crippen LogP contribution < -0.4 is 5.73 Å². The number of hydrogen-bond donors (Lipinski definition) is 1. The molecule has 0 saturated carbocycles. The maximum absolute atomic E-state index is 12.8. The first kappa shape index (κ1) is 19.4. The number of ether oxygens (including phenoxy) is 1. The van der Waals surface area contributed by atoms with Gasteiger partial charge in [0.25, 0.3) is 5.69 Å². The summed E-state index contributed by atoms with van der Waals surface area (Å²) in [5.74, 6) is -1.10. The van der Waals surface area contributed by atoms with Crippen molar-refractivity contribution in [3.8, 4) is 0 Å². The summed E-state index contributed by atoms with van der Waals surface area (Å²) in [6, 6.07) is 9.63. The van der Waals surface area contributed by atoms with Crippen LogP contribution in [0.3, 0.4) is 0 Å². The minimum absolute atomic E-state index is 0.00151. The Morgan fingerprint density at radius 1 is 1.19 bits per heavy atom. The van der Waals surface area contributed by atoms with Crippen molar-refractivity contribution in [2.75, 3.05) is 5.75 Å². The molecule has 0 aliphatic rings. The standard InChI is InChI=1S/C17H15FN2O5S/c18-14-5-1-11(2-6-14)9-26-10-16(21)25-8-13-4-3-12(17(19)22)7-15(13)20(23)24/h1-7H,8-10H2,(H2,19,22). The van der Waals surface area contributed by atoms with E-state index in [0.717, 1.165) is 11.6 Å². The second-order valence-electron chi connectivity index (χ2n) is 5.24. The van der Waals surface area contributed by atoms with Crippen molar-refractivity contribution in [2.45, 2.75) is 12.4 Å². The highest BCUT2D eigenvalue weighted by Crippen LogP contribution is 2.21. The molecule has 7 nitrogen and oxygen atoms in total. The minimum atomic E-state index is -0.783. The molecular formula is C17H15FN2O5S. The average molecular weight is 378 g/mol. The SMILES string of the molecule is NC(=O)c1ccc(COC(=O)CSCc2ccc(F)cc2)c([N+](=O)[O-])c1. The van der Waals surface area contributed by atoms with Gasteiger partial charge >= 0.3 is 5.97 Å². The lowest BCUT2D eigenvalue weighted by molar-refractivity contribution is -0.385. The van der Waals surface area contributed by atoms with Crippen LogP contribution in [0.5, 0.6) is 0 Å². The summed E-state index contributed by atoms with van der Waals surface area (Å²) in [7, 11) is 0. The molecule has 2 aromatic carbocycles. The molecule has 2 aromatic rings. The zero-order chi connectivity index (χ0) is 19.1. The molecule has 2 N–H and O–H groups in total. The highest BCUT2D eigenvalue weighted by Gasteiger charge is 2.17. The van der Waals surface area contributed by atoms with E-state index < -0.39 is 16.8 Å². The van der Waals surface area contributed by atoms with Crippen LogP contribution in [0.25, 0.3) is 0 Å².